The minimum atomic E-state index is -0.0590. The zero-order valence-corrected chi connectivity index (χ0v) is 30.6. The van der Waals surface area contributed by atoms with Gasteiger partial charge in [-0.15, -0.1) is 23.3 Å². The van der Waals surface area contributed by atoms with Gasteiger partial charge in [-0.05, 0) is 69.7 Å². The van der Waals surface area contributed by atoms with Crippen LogP contribution in [0.15, 0.2) is 34.3 Å². The first-order chi connectivity index (χ1) is 17.4. The smallest absolute Gasteiger partial charge is 0.128 e. The summed E-state index contributed by atoms with van der Waals surface area (Å²) in [6.07, 6.45) is 5.96. The molecule has 2 rings (SSSR count). The molecule has 1 N–H and O–H groups in total. The van der Waals surface area contributed by atoms with E-state index in [-0.39, 0.29) is 50.5 Å². The van der Waals surface area contributed by atoms with Crippen LogP contribution in [0.5, 0.6) is 5.75 Å². The molecule has 0 spiro atoms. The SMILES string of the molecule is Cc1cc(C=NC(C)C)c(O)c(C(C)(C)C)c1.[CH2-]c1c(C=NC(C)CC)cc(CC(C)C)cc1C(C)(C)C.[CH3-].[Zr]. The molecule has 3 nitrogen and oxygen atoms in total. The van der Waals surface area contributed by atoms with Gasteiger partial charge >= 0.3 is 0 Å². The van der Waals surface area contributed by atoms with E-state index in [1.807, 2.05) is 39.1 Å². The van der Waals surface area contributed by atoms with E-state index in [4.69, 9.17) is 0 Å². The second-order valence-electron chi connectivity index (χ2n) is 13.5. The third kappa shape index (κ3) is 13.3. The maximum Gasteiger partial charge on any atom is 0.128 e. The fourth-order valence-electron chi connectivity index (χ4n) is 4.15. The molecule has 0 aliphatic carbocycles. The van der Waals surface area contributed by atoms with Gasteiger partial charge in [-0.1, -0.05) is 79.4 Å². The minimum absolute atomic E-state index is 0. The van der Waals surface area contributed by atoms with Crippen LogP contribution >= 0.6 is 0 Å². The summed E-state index contributed by atoms with van der Waals surface area (Å²) in [5, 5.41) is 10.3. The van der Waals surface area contributed by atoms with E-state index in [1.54, 1.807) is 6.21 Å². The molecule has 2 aromatic carbocycles. The monoisotopic (exact) mass is 624 g/mol. The van der Waals surface area contributed by atoms with Gasteiger partial charge in [0, 0.05) is 55.6 Å². The number of hydrogen-bond donors (Lipinski definition) is 1. The van der Waals surface area contributed by atoms with Gasteiger partial charge in [0.1, 0.15) is 5.75 Å². The summed E-state index contributed by atoms with van der Waals surface area (Å²) in [6.45, 7) is 32.3. The van der Waals surface area contributed by atoms with E-state index in [0.717, 1.165) is 35.1 Å². The predicted octanol–water partition coefficient (Wildman–Crippen LogP) is 9.86. The van der Waals surface area contributed by atoms with E-state index in [0.29, 0.717) is 17.7 Å². The largest absolute Gasteiger partial charge is 0.507 e. The number of aryl methyl sites for hydroxylation is 1. The van der Waals surface area contributed by atoms with Crippen LogP contribution in [-0.4, -0.2) is 29.6 Å². The Kier molecular flexibility index (Phi) is 17.5. The molecular weight excluding hydrogens is 568 g/mol. The van der Waals surface area contributed by atoms with E-state index >= 15 is 0 Å². The number of phenolic OH excluding ortho intramolecular Hbond substituents is 1. The molecule has 40 heavy (non-hydrogen) atoms. The van der Waals surface area contributed by atoms with Gasteiger partial charge < -0.3 is 17.5 Å². The van der Waals surface area contributed by atoms with Gasteiger partial charge in [-0.25, -0.2) is 0 Å². The van der Waals surface area contributed by atoms with Gasteiger partial charge in [0.25, 0.3) is 0 Å². The predicted molar refractivity (Wildman–Crippen MR) is 176 cm³/mol. The quantitative estimate of drug-likeness (QED) is 0.242. The zero-order chi connectivity index (χ0) is 29.4. The van der Waals surface area contributed by atoms with Crippen molar-refractivity contribution in [3.8, 4) is 5.75 Å². The number of benzene rings is 2. The number of aliphatic imine (C=N–C) groups is 2. The van der Waals surface area contributed by atoms with Crippen LogP contribution in [0.1, 0.15) is 128 Å². The molecule has 0 radical (unpaired) electrons. The Morgan fingerprint density at radius 1 is 0.825 bits per heavy atom. The minimum Gasteiger partial charge on any atom is -0.507 e. The number of rotatable bonds is 7. The molecule has 0 aromatic heterocycles. The molecule has 4 heteroatoms. The normalized spacial score (nSPS) is 12.8. The average Bonchev–Trinajstić information content (AvgIpc) is 2.77. The molecule has 1 unspecified atom stereocenters. The molecule has 0 bridgehead atoms. The third-order valence-corrected chi connectivity index (χ3v) is 6.46. The van der Waals surface area contributed by atoms with Crippen LogP contribution in [0, 0.1) is 27.2 Å². The van der Waals surface area contributed by atoms with Crippen molar-refractivity contribution in [3.05, 3.63) is 77.6 Å². The molecular formula is C36H58N2OZr-2. The number of hydrogen-bond acceptors (Lipinski definition) is 3. The first kappa shape index (κ1) is 40.5. The third-order valence-electron chi connectivity index (χ3n) is 6.46. The van der Waals surface area contributed by atoms with E-state index in [9.17, 15) is 5.11 Å². The Labute approximate surface area is 267 Å². The number of nitrogens with zero attached hydrogens (tertiary/aromatic N) is 2. The maximum atomic E-state index is 10.3. The first-order valence-electron chi connectivity index (χ1n) is 14.3. The summed E-state index contributed by atoms with van der Waals surface area (Å²) in [5.74, 6) is 1.01. The molecule has 2 aromatic rings. The fraction of sp³-hybridized carbons (Fsp3) is 0.556. The average molecular weight is 626 g/mol. The Bertz CT molecular complexity index is 1100. The summed E-state index contributed by atoms with van der Waals surface area (Å²) in [6, 6.07) is 9.23. The van der Waals surface area contributed by atoms with Crippen LogP contribution in [0.4, 0.5) is 0 Å². The fourth-order valence-corrected chi connectivity index (χ4v) is 4.15. The molecule has 0 aliphatic rings. The summed E-state index contributed by atoms with van der Waals surface area (Å²) >= 11 is 0. The topological polar surface area (TPSA) is 45.0 Å². The van der Waals surface area contributed by atoms with Crippen molar-refractivity contribution in [1.29, 1.82) is 0 Å². The second kappa shape index (κ2) is 17.3. The Morgan fingerprint density at radius 3 is 1.80 bits per heavy atom. The summed E-state index contributed by atoms with van der Waals surface area (Å²) in [4.78, 5) is 8.99. The zero-order valence-electron chi connectivity index (χ0n) is 28.2. The molecule has 224 valence electrons. The number of aromatic hydroxyl groups is 1. The van der Waals surface area contributed by atoms with Crippen LogP contribution < -0.4 is 0 Å². The van der Waals surface area contributed by atoms with Gasteiger partial charge in [-0.3, -0.25) is 4.99 Å². The second-order valence-corrected chi connectivity index (χ2v) is 13.5. The standard InChI is InChI=1S/C20H32N.C15H23NO.CH3.Zr/c1-9-15(4)21-13-18-11-17(10-14(2)3)12-19(16(18)5)20(6,7)8;1-10(2)16-9-12-7-11(3)8-13(14(12)17)15(4,5)6;;/h11-15H,5,9-10H2,1-4,6-8H3;7-10,17H,1-6H3;1H3;/q-1;;-1;. The van der Waals surface area contributed by atoms with Gasteiger partial charge in [-0.2, -0.15) is 12.5 Å². The summed E-state index contributed by atoms with van der Waals surface area (Å²) in [5.41, 5.74) is 8.03. The van der Waals surface area contributed by atoms with Crippen molar-refractivity contribution < 1.29 is 31.3 Å². The van der Waals surface area contributed by atoms with Gasteiger partial charge in [0.05, 0.1) is 0 Å². The van der Waals surface area contributed by atoms with Crippen molar-refractivity contribution in [1.82, 2.24) is 0 Å². The molecule has 0 aliphatic heterocycles. The van der Waals surface area contributed by atoms with Crippen molar-refractivity contribution in [2.45, 2.75) is 126 Å². The van der Waals surface area contributed by atoms with Crippen molar-refractivity contribution >= 4 is 12.4 Å². The molecule has 0 saturated carbocycles. The maximum absolute atomic E-state index is 10.3. The van der Waals surface area contributed by atoms with Crippen LogP contribution in [0.3, 0.4) is 0 Å². The molecule has 0 amide bonds. The summed E-state index contributed by atoms with van der Waals surface area (Å²) < 4.78 is 0. The van der Waals surface area contributed by atoms with Crippen molar-refractivity contribution in [3.63, 3.8) is 0 Å². The number of phenols is 1. The molecule has 0 fully saturated rings. The molecule has 0 heterocycles. The Balaban J connectivity index is 0. The van der Waals surface area contributed by atoms with E-state index in [2.05, 4.69) is 98.3 Å². The Hall–Kier alpha value is -1.67. The van der Waals surface area contributed by atoms with Crippen molar-refractivity contribution in [2.24, 2.45) is 15.9 Å². The van der Waals surface area contributed by atoms with E-state index in [1.165, 1.54) is 16.7 Å². The van der Waals surface area contributed by atoms with Crippen LogP contribution in [0.25, 0.3) is 0 Å². The Morgan fingerprint density at radius 2 is 1.35 bits per heavy atom. The van der Waals surface area contributed by atoms with Gasteiger partial charge in [0.2, 0.25) is 0 Å². The molecule has 1 atom stereocenters. The van der Waals surface area contributed by atoms with Crippen LogP contribution in [-0.2, 0) is 43.5 Å². The summed E-state index contributed by atoms with van der Waals surface area (Å²) in [7, 11) is 0. The van der Waals surface area contributed by atoms with Crippen molar-refractivity contribution in [2.75, 3.05) is 0 Å². The first-order valence-corrected chi connectivity index (χ1v) is 14.3. The van der Waals surface area contributed by atoms with E-state index < -0.39 is 0 Å². The van der Waals surface area contributed by atoms with Gasteiger partial charge in [0.15, 0.2) is 0 Å². The van der Waals surface area contributed by atoms with Crippen LogP contribution in [0.2, 0.25) is 0 Å². The molecule has 0 saturated heterocycles.